The van der Waals surface area contributed by atoms with Gasteiger partial charge in [0.1, 0.15) is 23.7 Å². The van der Waals surface area contributed by atoms with Crippen molar-refractivity contribution in [2.45, 2.75) is 6.54 Å². The Balaban J connectivity index is 1.65. The molecule has 0 aliphatic heterocycles. The molecule has 0 radical (unpaired) electrons. The fraction of sp³-hybridized carbons (Fsp3) is 0.115. The van der Waals surface area contributed by atoms with Crippen LogP contribution in [-0.2, 0) is 6.54 Å². The van der Waals surface area contributed by atoms with Crippen molar-refractivity contribution in [3.63, 3.8) is 0 Å². The molecule has 3 aromatic carbocycles. The van der Waals surface area contributed by atoms with Gasteiger partial charge in [-0.1, -0.05) is 48.5 Å². The van der Waals surface area contributed by atoms with E-state index in [0.717, 1.165) is 39.8 Å². The van der Waals surface area contributed by atoms with E-state index in [0.29, 0.717) is 17.9 Å². The lowest BCUT2D eigenvalue weighted by molar-refractivity contribution is 0.415. The minimum Gasteiger partial charge on any atom is -0.497 e. The van der Waals surface area contributed by atoms with Crippen molar-refractivity contribution in [2.75, 3.05) is 19.5 Å². The van der Waals surface area contributed by atoms with Crippen molar-refractivity contribution < 1.29 is 9.47 Å². The summed E-state index contributed by atoms with van der Waals surface area (Å²) >= 11 is 0. The second-order valence-corrected chi connectivity index (χ2v) is 7.49. The zero-order chi connectivity index (χ0) is 22.6. The highest BCUT2D eigenvalue weighted by atomic mass is 16.5. The highest BCUT2D eigenvalue weighted by molar-refractivity contribution is 5.88. The second kappa shape index (κ2) is 9.00. The van der Waals surface area contributed by atoms with Crippen LogP contribution in [0.15, 0.2) is 85.2 Å². The summed E-state index contributed by atoms with van der Waals surface area (Å²) in [5.41, 5.74) is 4.39. The molecule has 0 aliphatic carbocycles. The SMILES string of the molecule is COc1cccc(Nc2ncnc3c2nc(-c2cccc(OC)c2)n3Cc2ccccc2)c1. The molecule has 2 heterocycles. The van der Waals surface area contributed by atoms with Crippen LogP contribution in [0.1, 0.15) is 5.56 Å². The molecule has 0 amide bonds. The van der Waals surface area contributed by atoms with E-state index < -0.39 is 0 Å². The van der Waals surface area contributed by atoms with Crippen molar-refractivity contribution in [3.05, 3.63) is 90.8 Å². The van der Waals surface area contributed by atoms with Crippen LogP contribution in [0.5, 0.6) is 11.5 Å². The largest absolute Gasteiger partial charge is 0.497 e. The number of nitrogens with zero attached hydrogens (tertiary/aromatic N) is 4. The fourth-order valence-electron chi connectivity index (χ4n) is 3.76. The number of ether oxygens (including phenoxy) is 2. The number of anilines is 2. The van der Waals surface area contributed by atoms with E-state index in [1.807, 2.05) is 66.7 Å². The standard InChI is InChI=1S/C26H23N5O2/c1-32-21-12-6-10-19(14-21)25-30-23-24(29-20-11-7-13-22(15-20)33-2)27-17-28-26(23)31(25)16-18-8-4-3-5-9-18/h3-15,17H,16H2,1-2H3,(H,27,28,29). The molecule has 0 unspecified atom stereocenters. The number of fused-ring (bicyclic) bond motifs is 1. The summed E-state index contributed by atoms with van der Waals surface area (Å²) in [5.74, 6) is 2.95. The number of aromatic nitrogens is 4. The lowest BCUT2D eigenvalue weighted by atomic mass is 10.2. The van der Waals surface area contributed by atoms with Crippen LogP contribution >= 0.6 is 0 Å². The molecular formula is C26H23N5O2. The minimum atomic E-state index is 0.625. The lowest BCUT2D eigenvalue weighted by Gasteiger charge is -2.10. The lowest BCUT2D eigenvalue weighted by Crippen LogP contribution is -2.04. The van der Waals surface area contributed by atoms with Gasteiger partial charge in [0.05, 0.1) is 20.8 Å². The Bertz CT molecular complexity index is 1400. The summed E-state index contributed by atoms with van der Waals surface area (Å²) in [7, 11) is 3.31. The van der Waals surface area contributed by atoms with E-state index in [1.54, 1.807) is 20.5 Å². The zero-order valence-corrected chi connectivity index (χ0v) is 18.4. The Morgan fingerprint density at radius 2 is 1.58 bits per heavy atom. The molecule has 1 N–H and O–H groups in total. The number of benzene rings is 3. The minimum absolute atomic E-state index is 0.625. The topological polar surface area (TPSA) is 74.1 Å². The Hall–Kier alpha value is -4.39. The van der Waals surface area contributed by atoms with Gasteiger partial charge in [0, 0.05) is 17.3 Å². The van der Waals surface area contributed by atoms with Crippen LogP contribution < -0.4 is 14.8 Å². The maximum atomic E-state index is 5.44. The Kier molecular flexibility index (Phi) is 5.59. The van der Waals surface area contributed by atoms with Crippen LogP contribution in [0.3, 0.4) is 0 Å². The fourth-order valence-corrected chi connectivity index (χ4v) is 3.76. The molecule has 2 aromatic heterocycles. The van der Waals surface area contributed by atoms with Gasteiger partial charge in [-0.3, -0.25) is 0 Å². The van der Waals surface area contributed by atoms with Crippen LogP contribution in [0.25, 0.3) is 22.6 Å². The van der Waals surface area contributed by atoms with Crippen LogP contribution in [0.2, 0.25) is 0 Å². The molecule has 7 nitrogen and oxygen atoms in total. The molecular weight excluding hydrogens is 414 g/mol. The Labute approximate surface area is 191 Å². The number of nitrogens with one attached hydrogen (secondary N) is 1. The number of hydrogen-bond acceptors (Lipinski definition) is 6. The molecule has 0 saturated carbocycles. The molecule has 5 rings (SSSR count). The van der Waals surface area contributed by atoms with Gasteiger partial charge in [-0.05, 0) is 29.8 Å². The average Bonchev–Trinajstić information content (AvgIpc) is 3.24. The molecule has 7 heteroatoms. The Morgan fingerprint density at radius 3 is 2.36 bits per heavy atom. The molecule has 33 heavy (non-hydrogen) atoms. The molecule has 164 valence electrons. The van der Waals surface area contributed by atoms with E-state index in [4.69, 9.17) is 14.5 Å². The van der Waals surface area contributed by atoms with Crippen LogP contribution in [0, 0.1) is 0 Å². The molecule has 0 fully saturated rings. The average molecular weight is 438 g/mol. The third-order valence-corrected chi connectivity index (χ3v) is 5.38. The number of methoxy groups -OCH3 is 2. The number of hydrogen-bond donors (Lipinski definition) is 1. The first-order valence-corrected chi connectivity index (χ1v) is 10.6. The van der Waals surface area contributed by atoms with E-state index in [1.165, 1.54) is 0 Å². The number of imidazole rings is 1. The Morgan fingerprint density at radius 1 is 0.818 bits per heavy atom. The van der Waals surface area contributed by atoms with Crippen molar-refractivity contribution in [1.29, 1.82) is 0 Å². The van der Waals surface area contributed by atoms with Gasteiger partial charge in [0.25, 0.3) is 0 Å². The first-order valence-electron chi connectivity index (χ1n) is 10.6. The van der Waals surface area contributed by atoms with Gasteiger partial charge in [0.2, 0.25) is 0 Å². The molecule has 0 saturated heterocycles. The monoisotopic (exact) mass is 437 g/mol. The third kappa shape index (κ3) is 4.21. The van der Waals surface area contributed by atoms with Gasteiger partial charge in [-0.15, -0.1) is 0 Å². The summed E-state index contributed by atoms with van der Waals surface area (Å²) in [6.45, 7) is 0.625. The van der Waals surface area contributed by atoms with Crippen molar-refractivity contribution in [1.82, 2.24) is 19.5 Å². The first-order chi connectivity index (χ1) is 16.2. The van der Waals surface area contributed by atoms with Gasteiger partial charge < -0.3 is 19.4 Å². The van der Waals surface area contributed by atoms with E-state index in [-0.39, 0.29) is 0 Å². The maximum Gasteiger partial charge on any atom is 0.166 e. The first kappa shape index (κ1) is 20.5. The summed E-state index contributed by atoms with van der Waals surface area (Å²) in [4.78, 5) is 14.1. The zero-order valence-electron chi connectivity index (χ0n) is 18.4. The van der Waals surface area contributed by atoms with E-state index >= 15 is 0 Å². The van der Waals surface area contributed by atoms with Crippen molar-refractivity contribution in [2.24, 2.45) is 0 Å². The second-order valence-electron chi connectivity index (χ2n) is 7.49. The highest BCUT2D eigenvalue weighted by Gasteiger charge is 2.18. The van der Waals surface area contributed by atoms with Gasteiger partial charge in [0.15, 0.2) is 17.0 Å². The summed E-state index contributed by atoms with van der Waals surface area (Å²) < 4.78 is 12.9. The molecule has 0 aliphatic rings. The number of rotatable bonds is 7. The summed E-state index contributed by atoms with van der Waals surface area (Å²) in [5, 5.41) is 3.37. The van der Waals surface area contributed by atoms with E-state index in [9.17, 15) is 0 Å². The molecule has 5 aromatic rings. The van der Waals surface area contributed by atoms with Crippen LogP contribution in [0.4, 0.5) is 11.5 Å². The quantitative estimate of drug-likeness (QED) is 0.372. The van der Waals surface area contributed by atoms with E-state index in [2.05, 4.69) is 32.0 Å². The molecule has 0 atom stereocenters. The maximum absolute atomic E-state index is 5.44. The molecule has 0 spiro atoms. The predicted octanol–water partition coefficient (Wildman–Crippen LogP) is 5.30. The predicted molar refractivity (Wildman–Crippen MR) is 129 cm³/mol. The van der Waals surface area contributed by atoms with Gasteiger partial charge in [-0.2, -0.15) is 0 Å². The van der Waals surface area contributed by atoms with Gasteiger partial charge in [-0.25, -0.2) is 15.0 Å². The molecule has 0 bridgehead atoms. The summed E-state index contributed by atoms with van der Waals surface area (Å²) in [6.07, 6.45) is 1.56. The van der Waals surface area contributed by atoms with Crippen LogP contribution in [-0.4, -0.2) is 33.7 Å². The van der Waals surface area contributed by atoms with Gasteiger partial charge >= 0.3 is 0 Å². The summed E-state index contributed by atoms with van der Waals surface area (Å²) in [6, 6.07) is 25.8. The third-order valence-electron chi connectivity index (χ3n) is 5.38. The van der Waals surface area contributed by atoms with Crippen molar-refractivity contribution in [3.8, 4) is 22.9 Å². The van der Waals surface area contributed by atoms with Crippen molar-refractivity contribution >= 4 is 22.7 Å². The smallest absolute Gasteiger partial charge is 0.166 e. The normalized spacial score (nSPS) is 10.8. The highest BCUT2D eigenvalue weighted by Crippen LogP contribution is 2.31.